The minimum Gasteiger partial charge on any atom is -0.857 e. The number of nitrogens with one attached hydrogen (secondary N) is 5. The third-order valence-electron chi connectivity index (χ3n) is 16.1. The van der Waals surface area contributed by atoms with Crippen molar-refractivity contribution in [3.63, 3.8) is 0 Å². The van der Waals surface area contributed by atoms with Crippen LogP contribution in [0.1, 0.15) is 157 Å². The van der Waals surface area contributed by atoms with Crippen LogP contribution in [0.4, 0.5) is 5.13 Å². The maximum absolute atomic E-state index is 12.4. The van der Waals surface area contributed by atoms with Gasteiger partial charge in [0.25, 0.3) is 5.19 Å². The Hall–Kier alpha value is -10.8. The van der Waals surface area contributed by atoms with Gasteiger partial charge in [-0.05, 0) is 179 Å². The fourth-order valence-corrected chi connectivity index (χ4v) is 14.4. The van der Waals surface area contributed by atoms with Crippen LogP contribution in [-0.4, -0.2) is 184 Å². The number of rotatable bonds is 15. The van der Waals surface area contributed by atoms with Crippen molar-refractivity contribution in [1.29, 1.82) is 0 Å². The molecule has 0 radical (unpaired) electrons. The van der Waals surface area contributed by atoms with Crippen LogP contribution >= 0.6 is 77.5 Å². The van der Waals surface area contributed by atoms with Crippen LogP contribution in [0.5, 0.6) is 5.19 Å². The molecule has 0 fully saturated rings. The first kappa shape index (κ1) is 99.7. The number of ketones is 2. The summed E-state index contributed by atoms with van der Waals surface area (Å²) in [6, 6.07) is 31.1. The number of anilines is 1. The molecule has 8 N–H and O–H groups in total. The summed E-state index contributed by atoms with van der Waals surface area (Å²) in [5.74, 6) is -3.87. The van der Waals surface area contributed by atoms with Crippen LogP contribution in [0.3, 0.4) is 0 Å². The molecule has 10 aromatic heterocycles. The molecule has 5 aromatic carbocycles. The molecule has 15 rings (SSSR count). The van der Waals surface area contributed by atoms with Crippen molar-refractivity contribution < 1.29 is 116 Å². The van der Waals surface area contributed by atoms with Crippen LogP contribution < -0.4 is 45.1 Å². The summed E-state index contributed by atoms with van der Waals surface area (Å²) in [6.45, 7) is 22.0. The summed E-state index contributed by atoms with van der Waals surface area (Å²) in [4.78, 5) is 129. The average Bonchev–Trinajstić information content (AvgIpc) is 1.70. The summed E-state index contributed by atoms with van der Waals surface area (Å²) in [5.41, 5.74) is 20.1. The minimum atomic E-state index is -0.562. The maximum atomic E-state index is 12.4. The molecule has 0 saturated heterocycles. The number of methoxy groups -OCH3 is 2. The zero-order chi connectivity index (χ0) is 86.9. The number of Topliss-reactive ketones (excluding diaryl/α,β-unsaturated/α-hetero) is 2. The average molecular weight is 1860 g/mol. The van der Waals surface area contributed by atoms with Gasteiger partial charge in [0.2, 0.25) is 15.1 Å². The first-order chi connectivity index (χ1) is 56.4. The number of aryl methyl sites for hydroxylation is 5. The summed E-state index contributed by atoms with van der Waals surface area (Å²) >= 11 is 16.2. The molecule has 0 spiro atoms. The second kappa shape index (κ2) is 47.2. The van der Waals surface area contributed by atoms with Crippen LogP contribution in [0, 0.1) is 34.6 Å². The number of ether oxygens (including phenoxy) is 7. The summed E-state index contributed by atoms with van der Waals surface area (Å²) < 4.78 is 38.9. The first-order valence-corrected chi connectivity index (χ1v) is 40.2. The number of hydrogen-bond acceptors (Lipinski definition) is 28. The Balaban J connectivity index is 0.000000254. The van der Waals surface area contributed by atoms with E-state index in [0.29, 0.717) is 73.5 Å². The number of nitrogens with two attached hydrogens (primary N) is 1. The zero-order valence-electron chi connectivity index (χ0n) is 67.8. The van der Waals surface area contributed by atoms with Gasteiger partial charge in [0, 0.05) is 86.6 Å². The van der Waals surface area contributed by atoms with E-state index in [1.165, 1.54) is 67.5 Å². The summed E-state index contributed by atoms with van der Waals surface area (Å²) in [7, 11) is 4.68. The largest absolute Gasteiger partial charge is 1.00 e. The van der Waals surface area contributed by atoms with Crippen molar-refractivity contribution in [2.75, 3.05) is 66.5 Å². The van der Waals surface area contributed by atoms with E-state index in [1.54, 1.807) is 50.0 Å². The molecule has 0 atom stereocenters. The number of alkyl halides is 1. The molecule has 0 aliphatic heterocycles. The number of esters is 7. The van der Waals surface area contributed by atoms with Gasteiger partial charge in [0.15, 0.2) is 19.4 Å². The van der Waals surface area contributed by atoms with Gasteiger partial charge < -0.3 is 74.0 Å². The van der Waals surface area contributed by atoms with Crippen LogP contribution in [0.2, 0.25) is 0 Å². The number of nitrogen functional groups attached to an aromatic ring is 1. The van der Waals surface area contributed by atoms with E-state index in [-0.39, 0.29) is 91.0 Å². The van der Waals surface area contributed by atoms with Crippen molar-refractivity contribution >= 4 is 200 Å². The second-order valence-corrected chi connectivity index (χ2v) is 30.3. The molecule has 0 amide bonds. The monoisotopic (exact) mass is 1860 g/mol. The fraction of sp³-hybridized carbons (Fsp3) is 0.272. The number of aliphatic hydroxyl groups is 1. The Kier molecular flexibility index (Phi) is 39.3. The molecule has 630 valence electrons. The predicted molar refractivity (Wildman–Crippen MR) is 465 cm³/mol. The maximum Gasteiger partial charge on any atom is 1.00 e. The number of nitrogens with zero attached hydrogens (tertiary/aromatic N) is 8. The number of halogens is 3. The van der Waals surface area contributed by atoms with Gasteiger partial charge in [0.05, 0.1) is 81.4 Å². The van der Waals surface area contributed by atoms with Crippen molar-refractivity contribution in [3.05, 3.63) is 185 Å². The Labute approximate surface area is 744 Å². The molecular weight excluding hydrogens is 1770 g/mol. The van der Waals surface area contributed by atoms with Crippen LogP contribution in [0.25, 0.3) is 87.0 Å². The van der Waals surface area contributed by atoms with Gasteiger partial charge in [-0.15, -0.1) is 32.0 Å². The van der Waals surface area contributed by atoms with Crippen molar-refractivity contribution in [1.82, 2.24) is 64.3 Å². The summed E-state index contributed by atoms with van der Waals surface area (Å²) in [5, 5.41) is 36.3. The number of hydrogen-bond donors (Lipinski definition) is 7. The van der Waals surface area contributed by atoms with E-state index in [0.717, 1.165) is 110 Å². The van der Waals surface area contributed by atoms with Crippen molar-refractivity contribution in [3.8, 4) is 27.7 Å². The van der Waals surface area contributed by atoms with Crippen LogP contribution in [0.15, 0.2) is 117 Å². The number of carbonyl (C=O) groups excluding carboxylic acids is 9. The van der Waals surface area contributed by atoms with Gasteiger partial charge in [0.1, 0.15) is 28.5 Å². The Morgan fingerprint density at radius 2 is 0.892 bits per heavy atom. The molecule has 39 heteroatoms. The third kappa shape index (κ3) is 25.6. The van der Waals surface area contributed by atoms with E-state index in [1.807, 2.05) is 138 Å². The normalized spacial score (nSPS) is 10.2. The van der Waals surface area contributed by atoms with Gasteiger partial charge in [-0.1, -0.05) is 88.2 Å². The smallest absolute Gasteiger partial charge is 0.857 e. The van der Waals surface area contributed by atoms with E-state index in [4.69, 9.17) is 56.0 Å². The zero-order valence-corrected chi connectivity index (χ0v) is 76.2. The Morgan fingerprint density at radius 1 is 0.500 bits per heavy atom. The number of aliphatic hydroxyl groups excluding tert-OH is 1. The predicted octanol–water partition coefficient (Wildman–Crippen LogP) is 13.0. The van der Waals surface area contributed by atoms with Gasteiger partial charge in [-0.2, -0.15) is 7.11 Å². The second-order valence-electron chi connectivity index (χ2n) is 24.6. The third-order valence-corrected chi connectivity index (χ3v) is 19.8. The molecule has 120 heavy (non-hydrogen) atoms. The quantitative estimate of drug-likeness (QED) is 0.0125. The number of benzene rings is 5. The Morgan fingerprint density at radius 3 is 1.27 bits per heavy atom. The topological polar surface area (TPSA) is 453 Å². The van der Waals surface area contributed by atoms with Gasteiger partial charge in [-0.3, -0.25) is 19.2 Å². The molecule has 32 nitrogen and oxygen atoms in total. The standard InChI is InChI=1S/C16H13BrN4O2S.C16H14N4O3S.C14H14ClNO3.C14H15NO3.C12H13NO2.C4H6O3.C2H2BrN3S.CH4O.CH3O.CH4.Na/c1-3-23-14(22)13-12(9-6-8(2)4-5-10(9)18-13)11-7-21-16(19-11)24-15(17)20-21;1-8-4-5-10-9(6-8)12(13(17-10)14(21)22-2)11-7-20-15(18-11)24-16(19-20)23-3;1-3-19-14(18)13-12(11(17)7-15)9-6-8(2)4-5-10(9)16-13;1-4-18-14(17)13-12(9(3)16)10-7-8(2)5-6-11(10)15-13;1-3-15-12(14)11-7-9-6-8(2)4-5-10(9)13-11;1-3(5)7-4(2)6;3-1-5-6-2(4)7-1;2*1-2;;/h4-7,18H,3H2,1-2H3;4-7,17H,1-3H3;4-6,16H,3,7H2,1-2H3;5-7,15H,4H2,1-3H3;4-7,13H,3H2,1-2H3;1-2H3;(H2,4,6);2H,1H3;1H3;1H4;/q;;;;;;;;-1;;+1. The number of fused-ring (bicyclic) bond motifs is 7. The van der Waals surface area contributed by atoms with E-state index in [9.17, 15) is 43.2 Å². The van der Waals surface area contributed by atoms with Crippen molar-refractivity contribution in [2.45, 2.75) is 90.5 Å². The number of imidazole rings is 2. The number of carbonyl (C=O) groups is 9. The summed E-state index contributed by atoms with van der Waals surface area (Å²) in [6.07, 6.45) is 3.61. The molecule has 0 unspecified atom stereocenters. The molecular formula is C81H88Br2ClN14NaO18S3. The number of aromatic amines is 5. The van der Waals surface area contributed by atoms with Crippen molar-refractivity contribution in [2.24, 2.45) is 0 Å². The molecule has 0 saturated carbocycles. The molecule has 0 aliphatic carbocycles. The molecule has 0 aliphatic rings. The number of aromatic nitrogens is 13. The van der Waals surface area contributed by atoms with E-state index in [2.05, 4.69) is 91.9 Å². The van der Waals surface area contributed by atoms with E-state index < -0.39 is 29.8 Å². The number of H-pyrrole nitrogens is 5. The van der Waals surface area contributed by atoms with Crippen LogP contribution in [-0.2, 0) is 38.0 Å². The Bertz CT molecular complexity index is 6020. The van der Waals surface area contributed by atoms with Gasteiger partial charge in [-0.25, -0.2) is 43.0 Å². The first-order valence-electron chi connectivity index (χ1n) is 35.6. The van der Waals surface area contributed by atoms with E-state index >= 15 is 0 Å². The minimum absolute atomic E-state index is 0. The van der Waals surface area contributed by atoms with Gasteiger partial charge >= 0.3 is 71.3 Å². The molecule has 15 aromatic rings. The molecule has 10 heterocycles. The SMILES string of the molecule is C.CC(=O)OC(C)=O.CCOC(=O)c1[nH]c2ccc(C)cc2c1-c1cn2nc(Br)sc2n1.CCOC(=O)c1[nH]c2ccc(C)cc2c1C(=O)CCl.CCOC(=O)c1[nH]c2ccc(C)cc2c1C(C)=O.CCOC(=O)c1cc2cc(C)ccc2[nH]1.CO.COC(=O)c1[nH]c2ccc(C)cc2c1-c1cn2nc(OC)sc2n1.C[O-].Nc1nnc(Br)s1.[Na+]. The fourth-order valence-electron chi connectivity index (χ4n) is 11.5. The molecule has 0 bridgehead atoms.